The highest BCUT2D eigenvalue weighted by Crippen LogP contribution is 2.16. The normalized spacial score (nSPS) is 22.9. The van der Waals surface area contributed by atoms with Gasteiger partial charge >= 0.3 is 0 Å². The molecule has 1 atom stereocenters. The molecule has 76 valence electrons. The van der Waals surface area contributed by atoms with Gasteiger partial charge in [0.15, 0.2) is 5.11 Å². The van der Waals surface area contributed by atoms with Crippen LogP contribution in [-0.2, 0) is 0 Å². The van der Waals surface area contributed by atoms with Crippen molar-refractivity contribution in [1.82, 2.24) is 10.2 Å². The highest BCUT2D eigenvalue weighted by molar-refractivity contribution is 7.80. The molecule has 3 nitrogen and oxygen atoms in total. The van der Waals surface area contributed by atoms with Crippen LogP contribution in [0, 0.1) is 0 Å². The summed E-state index contributed by atoms with van der Waals surface area (Å²) in [5.41, 5.74) is 0. The number of hydrogen-bond acceptors (Lipinski definition) is 2. The molecular formula is C9H18N2OS. The van der Waals surface area contributed by atoms with Crippen molar-refractivity contribution < 1.29 is 5.11 Å². The molecule has 0 aromatic rings. The first-order valence-corrected chi connectivity index (χ1v) is 5.35. The van der Waals surface area contributed by atoms with Crippen LogP contribution in [0.2, 0.25) is 0 Å². The molecule has 0 aromatic heterocycles. The summed E-state index contributed by atoms with van der Waals surface area (Å²) in [6, 6.07) is 0.236. The number of aliphatic hydroxyl groups is 1. The number of aliphatic hydroxyl groups excluding tert-OH is 1. The first kappa shape index (κ1) is 10.7. The number of nitrogens with one attached hydrogen (secondary N) is 1. The van der Waals surface area contributed by atoms with Crippen molar-refractivity contribution in [2.45, 2.75) is 32.2 Å². The Morgan fingerprint density at radius 2 is 2.38 bits per heavy atom. The van der Waals surface area contributed by atoms with E-state index in [0.29, 0.717) is 0 Å². The van der Waals surface area contributed by atoms with Crippen LogP contribution in [0.3, 0.4) is 0 Å². The van der Waals surface area contributed by atoms with Gasteiger partial charge in [0.2, 0.25) is 0 Å². The zero-order valence-corrected chi connectivity index (χ0v) is 8.94. The largest absolute Gasteiger partial charge is 0.394 e. The Labute approximate surface area is 85.1 Å². The molecule has 1 fully saturated rings. The fourth-order valence-electron chi connectivity index (χ4n) is 1.71. The van der Waals surface area contributed by atoms with Crippen LogP contribution in [0.1, 0.15) is 26.2 Å². The van der Waals surface area contributed by atoms with Crippen molar-refractivity contribution >= 4 is 17.3 Å². The predicted molar refractivity (Wildman–Crippen MR) is 57.7 cm³/mol. The van der Waals surface area contributed by atoms with Gasteiger partial charge in [-0.3, -0.25) is 0 Å². The van der Waals surface area contributed by atoms with E-state index in [1.807, 2.05) is 6.92 Å². The highest BCUT2D eigenvalue weighted by Gasteiger charge is 2.22. The monoisotopic (exact) mass is 202 g/mol. The predicted octanol–water partition coefficient (Wildman–Crippen LogP) is 0.728. The van der Waals surface area contributed by atoms with Gasteiger partial charge in [-0.25, -0.2) is 0 Å². The second kappa shape index (κ2) is 5.40. The van der Waals surface area contributed by atoms with Gasteiger partial charge in [-0.2, -0.15) is 0 Å². The lowest BCUT2D eigenvalue weighted by Gasteiger charge is -2.36. The maximum absolute atomic E-state index is 9.15. The van der Waals surface area contributed by atoms with Gasteiger partial charge in [-0.15, -0.1) is 0 Å². The third-order valence-corrected chi connectivity index (χ3v) is 2.81. The molecule has 0 radical (unpaired) electrons. The van der Waals surface area contributed by atoms with Gasteiger partial charge in [-0.1, -0.05) is 0 Å². The Hall–Kier alpha value is -0.350. The number of likely N-dealkylation sites (tertiary alicyclic amines) is 1. The molecule has 1 aliphatic rings. The first-order valence-electron chi connectivity index (χ1n) is 4.95. The van der Waals surface area contributed by atoms with E-state index in [2.05, 4.69) is 10.2 Å². The van der Waals surface area contributed by atoms with Gasteiger partial charge in [0, 0.05) is 13.1 Å². The number of rotatable bonds is 2. The molecule has 0 aromatic carbocycles. The maximum atomic E-state index is 9.15. The number of nitrogens with zero attached hydrogens (tertiary/aromatic N) is 1. The number of hydrogen-bond donors (Lipinski definition) is 2. The Balaban J connectivity index is 2.48. The molecule has 1 rings (SSSR count). The summed E-state index contributed by atoms with van der Waals surface area (Å²) in [5.74, 6) is 0. The molecule has 0 bridgehead atoms. The van der Waals surface area contributed by atoms with Gasteiger partial charge in [-0.05, 0) is 38.4 Å². The summed E-state index contributed by atoms with van der Waals surface area (Å²) < 4.78 is 0. The third kappa shape index (κ3) is 2.81. The van der Waals surface area contributed by atoms with Crippen LogP contribution in [0.4, 0.5) is 0 Å². The van der Waals surface area contributed by atoms with Crippen molar-refractivity contribution in [1.29, 1.82) is 0 Å². The SMILES string of the molecule is CCNC(=S)N1CCCC[C@H]1CO. The molecule has 0 unspecified atom stereocenters. The lowest BCUT2D eigenvalue weighted by Crippen LogP contribution is -2.49. The summed E-state index contributed by atoms with van der Waals surface area (Å²) in [5, 5.41) is 13.1. The van der Waals surface area contributed by atoms with Gasteiger partial charge in [0.1, 0.15) is 0 Å². The highest BCUT2D eigenvalue weighted by atomic mass is 32.1. The van der Waals surface area contributed by atoms with Gasteiger partial charge in [0.25, 0.3) is 0 Å². The molecule has 4 heteroatoms. The Morgan fingerprint density at radius 3 is 3.00 bits per heavy atom. The minimum absolute atomic E-state index is 0.214. The maximum Gasteiger partial charge on any atom is 0.169 e. The van der Waals surface area contributed by atoms with E-state index >= 15 is 0 Å². The van der Waals surface area contributed by atoms with Crippen molar-refractivity contribution in [2.24, 2.45) is 0 Å². The van der Waals surface area contributed by atoms with Crippen LogP contribution in [0.5, 0.6) is 0 Å². The van der Waals surface area contributed by atoms with Crippen LogP contribution < -0.4 is 5.32 Å². The molecule has 0 aliphatic carbocycles. The van der Waals surface area contributed by atoms with E-state index < -0.39 is 0 Å². The van der Waals surface area contributed by atoms with Crippen LogP contribution in [0.15, 0.2) is 0 Å². The summed E-state index contributed by atoms with van der Waals surface area (Å²) in [6.45, 7) is 4.08. The second-order valence-corrected chi connectivity index (χ2v) is 3.75. The fourth-order valence-corrected chi connectivity index (χ4v) is 2.10. The van der Waals surface area contributed by atoms with E-state index in [1.54, 1.807) is 0 Å². The number of piperidine rings is 1. The topological polar surface area (TPSA) is 35.5 Å². The summed E-state index contributed by atoms with van der Waals surface area (Å²) in [7, 11) is 0. The van der Waals surface area contributed by atoms with E-state index in [0.717, 1.165) is 24.6 Å². The Bertz CT molecular complexity index is 175. The lowest BCUT2D eigenvalue weighted by molar-refractivity contribution is 0.146. The van der Waals surface area contributed by atoms with E-state index in [4.69, 9.17) is 17.3 Å². The molecule has 1 heterocycles. The van der Waals surface area contributed by atoms with Crippen molar-refractivity contribution in [3.63, 3.8) is 0 Å². The van der Waals surface area contributed by atoms with Crippen LogP contribution >= 0.6 is 12.2 Å². The third-order valence-electron chi connectivity index (χ3n) is 2.43. The molecule has 1 aliphatic heterocycles. The molecule has 2 N–H and O–H groups in total. The fraction of sp³-hybridized carbons (Fsp3) is 0.889. The van der Waals surface area contributed by atoms with Crippen molar-refractivity contribution in [2.75, 3.05) is 19.7 Å². The minimum Gasteiger partial charge on any atom is -0.394 e. The zero-order chi connectivity index (χ0) is 9.68. The Kier molecular flexibility index (Phi) is 4.45. The minimum atomic E-state index is 0.214. The molecule has 0 saturated carbocycles. The van der Waals surface area contributed by atoms with Crippen molar-refractivity contribution in [3.8, 4) is 0 Å². The van der Waals surface area contributed by atoms with Crippen LogP contribution in [0.25, 0.3) is 0 Å². The smallest absolute Gasteiger partial charge is 0.169 e. The van der Waals surface area contributed by atoms with Crippen molar-refractivity contribution in [3.05, 3.63) is 0 Å². The molecular weight excluding hydrogens is 184 g/mol. The van der Waals surface area contributed by atoms with E-state index in [9.17, 15) is 0 Å². The van der Waals surface area contributed by atoms with Crippen LogP contribution in [-0.4, -0.2) is 40.9 Å². The average Bonchev–Trinajstić information content (AvgIpc) is 2.18. The standard InChI is InChI=1S/C9H18N2OS/c1-2-10-9(13)11-6-4-3-5-8(11)7-12/h8,12H,2-7H2,1H3,(H,10,13)/t8-/m0/s1. The van der Waals surface area contributed by atoms with Gasteiger partial charge < -0.3 is 15.3 Å². The lowest BCUT2D eigenvalue weighted by atomic mass is 10.0. The first-order chi connectivity index (χ1) is 6.29. The van der Waals surface area contributed by atoms with E-state index in [-0.39, 0.29) is 12.6 Å². The summed E-state index contributed by atoms with van der Waals surface area (Å²) >= 11 is 5.22. The summed E-state index contributed by atoms with van der Waals surface area (Å²) in [6.07, 6.45) is 3.44. The second-order valence-electron chi connectivity index (χ2n) is 3.36. The summed E-state index contributed by atoms with van der Waals surface area (Å²) in [4.78, 5) is 2.11. The zero-order valence-electron chi connectivity index (χ0n) is 8.12. The van der Waals surface area contributed by atoms with E-state index in [1.165, 1.54) is 12.8 Å². The molecule has 0 spiro atoms. The number of thiocarbonyl (C=S) groups is 1. The molecule has 13 heavy (non-hydrogen) atoms. The average molecular weight is 202 g/mol. The molecule has 0 amide bonds. The quantitative estimate of drug-likeness (QED) is 0.647. The molecule has 1 saturated heterocycles. The Morgan fingerprint density at radius 1 is 1.62 bits per heavy atom. The van der Waals surface area contributed by atoms with Gasteiger partial charge in [0.05, 0.1) is 12.6 Å².